The van der Waals surface area contributed by atoms with Crippen LogP contribution < -0.4 is 5.32 Å². The summed E-state index contributed by atoms with van der Waals surface area (Å²) in [4.78, 5) is 0. The summed E-state index contributed by atoms with van der Waals surface area (Å²) in [5, 5.41) is 3.64. The van der Waals surface area contributed by atoms with Crippen LogP contribution >= 0.6 is 0 Å². The molecule has 0 radical (unpaired) electrons. The second-order valence-electron chi connectivity index (χ2n) is 4.02. The molecule has 0 spiro atoms. The predicted octanol–water partition coefficient (Wildman–Crippen LogP) is 1.00. The monoisotopic (exact) mass is 123 g/mol. The molecule has 3 rings (SSSR count). The van der Waals surface area contributed by atoms with Crippen LogP contribution in [0.1, 0.15) is 19.8 Å². The first-order chi connectivity index (χ1) is 4.36. The molecule has 1 heterocycles. The van der Waals surface area contributed by atoms with Crippen LogP contribution in [0.2, 0.25) is 0 Å². The number of hydrogen-bond acceptors (Lipinski definition) is 1. The van der Waals surface area contributed by atoms with E-state index < -0.39 is 0 Å². The first kappa shape index (κ1) is 4.73. The van der Waals surface area contributed by atoms with Gasteiger partial charge in [-0.2, -0.15) is 0 Å². The van der Waals surface area contributed by atoms with E-state index in [1.54, 1.807) is 6.42 Å². The molecule has 1 aliphatic heterocycles. The zero-order chi connectivity index (χ0) is 6.01. The van der Waals surface area contributed by atoms with Gasteiger partial charge in [0.15, 0.2) is 0 Å². The van der Waals surface area contributed by atoms with Gasteiger partial charge in [0, 0.05) is 12.1 Å². The molecule has 0 amide bonds. The summed E-state index contributed by atoms with van der Waals surface area (Å²) in [5.41, 5.74) is 0. The number of rotatable bonds is 0. The molecule has 1 saturated heterocycles. The SMILES string of the molecule is C[C@@H]1N[C@@H]2C[C@H]1[C@H]1C[C@H]12. The van der Waals surface area contributed by atoms with Gasteiger partial charge in [-0.1, -0.05) is 0 Å². The van der Waals surface area contributed by atoms with Crippen molar-refractivity contribution in [3.05, 3.63) is 0 Å². The van der Waals surface area contributed by atoms with Crippen LogP contribution in [-0.4, -0.2) is 12.1 Å². The van der Waals surface area contributed by atoms with E-state index in [0.717, 1.165) is 29.8 Å². The lowest BCUT2D eigenvalue weighted by Crippen LogP contribution is -2.34. The summed E-state index contributed by atoms with van der Waals surface area (Å²) in [6.45, 7) is 2.35. The third-order valence-electron chi connectivity index (χ3n) is 3.60. The maximum atomic E-state index is 3.64. The molecule has 2 bridgehead atoms. The first-order valence-electron chi connectivity index (χ1n) is 4.12. The second kappa shape index (κ2) is 1.20. The van der Waals surface area contributed by atoms with Gasteiger partial charge in [0.25, 0.3) is 0 Å². The largest absolute Gasteiger partial charge is 0.311 e. The molecule has 1 heteroatoms. The van der Waals surface area contributed by atoms with Crippen molar-refractivity contribution >= 4 is 0 Å². The highest BCUT2D eigenvalue weighted by Crippen LogP contribution is 2.59. The molecule has 0 aromatic rings. The fraction of sp³-hybridized carbons (Fsp3) is 1.00. The molecule has 2 aliphatic carbocycles. The Morgan fingerprint density at radius 2 is 2.00 bits per heavy atom. The van der Waals surface area contributed by atoms with E-state index in [0.29, 0.717) is 0 Å². The molecule has 2 saturated carbocycles. The van der Waals surface area contributed by atoms with Crippen molar-refractivity contribution in [2.24, 2.45) is 17.8 Å². The van der Waals surface area contributed by atoms with Gasteiger partial charge >= 0.3 is 0 Å². The third-order valence-corrected chi connectivity index (χ3v) is 3.60. The zero-order valence-corrected chi connectivity index (χ0v) is 5.80. The highest BCUT2D eigenvalue weighted by atomic mass is 15.1. The van der Waals surface area contributed by atoms with E-state index in [1.165, 1.54) is 6.42 Å². The summed E-state index contributed by atoms with van der Waals surface area (Å²) in [5.74, 6) is 3.34. The van der Waals surface area contributed by atoms with Crippen LogP contribution in [0.15, 0.2) is 0 Å². The topological polar surface area (TPSA) is 12.0 Å². The molecule has 3 aliphatic rings. The fourth-order valence-corrected chi connectivity index (χ4v) is 3.06. The zero-order valence-electron chi connectivity index (χ0n) is 5.80. The van der Waals surface area contributed by atoms with Crippen LogP contribution in [0.5, 0.6) is 0 Å². The van der Waals surface area contributed by atoms with Crippen LogP contribution in [0.4, 0.5) is 0 Å². The Balaban J connectivity index is 1.96. The van der Waals surface area contributed by atoms with E-state index in [9.17, 15) is 0 Å². The highest BCUT2D eigenvalue weighted by molar-refractivity contribution is 5.13. The Morgan fingerprint density at radius 3 is 2.56 bits per heavy atom. The molecule has 3 fully saturated rings. The lowest BCUT2D eigenvalue weighted by atomic mass is 9.99. The number of piperidine rings is 1. The molecule has 0 aromatic heterocycles. The molecule has 5 atom stereocenters. The minimum absolute atomic E-state index is 0.846. The fourth-order valence-electron chi connectivity index (χ4n) is 3.06. The molecule has 0 aromatic carbocycles. The van der Waals surface area contributed by atoms with E-state index in [-0.39, 0.29) is 0 Å². The summed E-state index contributed by atoms with van der Waals surface area (Å²) in [6, 6.07) is 1.79. The lowest BCUT2D eigenvalue weighted by molar-refractivity contribution is 0.386. The Kier molecular flexibility index (Phi) is 0.628. The normalized spacial score (nSPS) is 68.3. The Labute approximate surface area is 55.8 Å². The first-order valence-corrected chi connectivity index (χ1v) is 4.12. The second-order valence-corrected chi connectivity index (χ2v) is 4.02. The number of fused-ring (bicyclic) bond motifs is 5. The van der Waals surface area contributed by atoms with Crippen LogP contribution in [-0.2, 0) is 0 Å². The van der Waals surface area contributed by atoms with Crippen molar-refractivity contribution in [2.75, 3.05) is 0 Å². The Morgan fingerprint density at radius 1 is 1.11 bits per heavy atom. The Hall–Kier alpha value is -0.0400. The number of hydrogen-bond donors (Lipinski definition) is 1. The van der Waals surface area contributed by atoms with Crippen molar-refractivity contribution in [3.63, 3.8) is 0 Å². The van der Waals surface area contributed by atoms with Gasteiger partial charge in [-0.25, -0.2) is 0 Å². The van der Waals surface area contributed by atoms with E-state index in [2.05, 4.69) is 12.2 Å². The van der Waals surface area contributed by atoms with Gasteiger partial charge in [-0.05, 0) is 37.5 Å². The summed E-state index contributed by atoms with van der Waals surface area (Å²) < 4.78 is 0. The minimum Gasteiger partial charge on any atom is -0.311 e. The van der Waals surface area contributed by atoms with Gasteiger partial charge in [0.1, 0.15) is 0 Å². The van der Waals surface area contributed by atoms with Gasteiger partial charge in [-0.3, -0.25) is 0 Å². The summed E-state index contributed by atoms with van der Waals surface area (Å²) >= 11 is 0. The third kappa shape index (κ3) is 0.420. The van der Waals surface area contributed by atoms with Crippen molar-refractivity contribution < 1.29 is 0 Å². The Bertz CT molecular complexity index is 151. The average Bonchev–Trinajstić information content (AvgIpc) is 2.46. The van der Waals surface area contributed by atoms with E-state index >= 15 is 0 Å². The van der Waals surface area contributed by atoms with E-state index in [4.69, 9.17) is 0 Å². The van der Waals surface area contributed by atoms with Crippen molar-refractivity contribution in [2.45, 2.75) is 31.8 Å². The van der Waals surface area contributed by atoms with Crippen molar-refractivity contribution in [1.29, 1.82) is 0 Å². The maximum Gasteiger partial charge on any atom is 0.0104 e. The molecular formula is C8H13N. The van der Waals surface area contributed by atoms with Gasteiger partial charge in [0.05, 0.1) is 0 Å². The summed E-state index contributed by atoms with van der Waals surface area (Å²) in [7, 11) is 0. The molecule has 1 N–H and O–H groups in total. The standard InChI is InChI=1S/C8H13N/c1-4-5-3-8(9-4)7-2-6(5)7/h4-9H,2-3H2,1H3/t4-,5+,6+,7+,8+/m0/s1. The van der Waals surface area contributed by atoms with Crippen LogP contribution in [0.25, 0.3) is 0 Å². The van der Waals surface area contributed by atoms with Gasteiger partial charge in [-0.15, -0.1) is 0 Å². The van der Waals surface area contributed by atoms with E-state index in [1.807, 2.05) is 0 Å². The number of nitrogens with one attached hydrogen (secondary N) is 1. The van der Waals surface area contributed by atoms with Crippen LogP contribution in [0, 0.1) is 17.8 Å². The van der Waals surface area contributed by atoms with Crippen molar-refractivity contribution in [1.82, 2.24) is 5.32 Å². The minimum atomic E-state index is 0.846. The maximum absolute atomic E-state index is 3.64. The molecule has 50 valence electrons. The van der Waals surface area contributed by atoms with Gasteiger partial charge in [0.2, 0.25) is 0 Å². The quantitative estimate of drug-likeness (QED) is 0.506. The highest BCUT2D eigenvalue weighted by Gasteiger charge is 2.59. The molecule has 1 nitrogen and oxygen atoms in total. The molecular weight excluding hydrogens is 110 g/mol. The van der Waals surface area contributed by atoms with Crippen molar-refractivity contribution in [3.8, 4) is 0 Å². The predicted molar refractivity (Wildman–Crippen MR) is 36.1 cm³/mol. The summed E-state index contributed by atoms with van der Waals surface area (Å²) in [6.07, 6.45) is 3.04. The average molecular weight is 123 g/mol. The molecule has 9 heavy (non-hydrogen) atoms. The smallest absolute Gasteiger partial charge is 0.0104 e. The molecule has 0 unspecified atom stereocenters. The van der Waals surface area contributed by atoms with Crippen LogP contribution in [0.3, 0.4) is 0 Å². The lowest BCUT2D eigenvalue weighted by Gasteiger charge is -2.17. The van der Waals surface area contributed by atoms with Gasteiger partial charge < -0.3 is 5.32 Å².